The third kappa shape index (κ3) is 2.89. The Kier molecular flexibility index (Phi) is 4.21. The lowest BCUT2D eigenvalue weighted by Crippen LogP contribution is -2.05. The van der Waals surface area contributed by atoms with E-state index in [1.165, 1.54) is 6.07 Å². The number of halogens is 2. The van der Waals surface area contributed by atoms with Gasteiger partial charge in [0.15, 0.2) is 0 Å². The molecule has 0 saturated carbocycles. The Morgan fingerprint density at radius 1 is 1.55 bits per heavy atom. The van der Waals surface area contributed by atoms with Crippen molar-refractivity contribution in [2.75, 3.05) is 5.32 Å². The van der Waals surface area contributed by atoms with Gasteiger partial charge in [-0.2, -0.15) is 5.10 Å². The van der Waals surface area contributed by atoms with Crippen molar-refractivity contribution in [2.24, 2.45) is 7.05 Å². The number of hydrogen-bond donors (Lipinski definition) is 1. The summed E-state index contributed by atoms with van der Waals surface area (Å²) in [5, 5.41) is 18.0. The Hall–Kier alpha value is -1.71. The Morgan fingerprint density at radius 2 is 2.25 bits per heavy atom. The van der Waals surface area contributed by atoms with Crippen molar-refractivity contribution in [1.29, 1.82) is 0 Å². The van der Waals surface area contributed by atoms with E-state index in [-0.39, 0.29) is 14.9 Å². The van der Waals surface area contributed by atoms with Gasteiger partial charge in [-0.3, -0.25) is 14.8 Å². The van der Waals surface area contributed by atoms with Crippen LogP contribution in [0.15, 0.2) is 18.3 Å². The van der Waals surface area contributed by atoms with Gasteiger partial charge in [0.2, 0.25) is 0 Å². The predicted octanol–water partition coefficient (Wildman–Crippen LogP) is 2.99. The first-order valence-corrected chi connectivity index (χ1v) is 6.82. The number of benzene rings is 1. The molecule has 0 bridgehead atoms. The molecule has 0 aliphatic heterocycles. The van der Waals surface area contributed by atoms with Crippen LogP contribution >= 0.6 is 22.6 Å². The average molecular weight is 390 g/mol. The zero-order valence-corrected chi connectivity index (χ0v) is 13.0. The van der Waals surface area contributed by atoms with Crippen molar-refractivity contribution < 1.29 is 9.31 Å². The number of nitro groups is 1. The topological polar surface area (TPSA) is 73.0 Å². The fourth-order valence-electron chi connectivity index (χ4n) is 1.74. The number of nitrogens with one attached hydrogen (secondary N) is 1. The number of nitro benzene ring substituents is 1. The van der Waals surface area contributed by atoms with Gasteiger partial charge in [-0.25, -0.2) is 4.39 Å². The maximum absolute atomic E-state index is 13.5. The summed E-state index contributed by atoms with van der Waals surface area (Å²) in [6.45, 7) is 2.24. The van der Waals surface area contributed by atoms with E-state index < -0.39 is 10.7 Å². The number of hydrogen-bond acceptors (Lipinski definition) is 4. The Bertz CT molecular complexity index is 672. The number of aromatic nitrogens is 2. The molecule has 106 valence electrons. The van der Waals surface area contributed by atoms with Gasteiger partial charge in [-0.15, -0.1) is 0 Å². The fourth-order valence-corrected chi connectivity index (χ4v) is 2.19. The minimum absolute atomic E-state index is 0.141. The van der Waals surface area contributed by atoms with Crippen molar-refractivity contribution in [3.05, 3.63) is 49.1 Å². The summed E-state index contributed by atoms with van der Waals surface area (Å²) >= 11 is 1.73. The summed E-state index contributed by atoms with van der Waals surface area (Å²) in [4.78, 5) is 10.5. The van der Waals surface area contributed by atoms with Crippen LogP contribution in [0, 0.1) is 26.4 Å². The minimum atomic E-state index is -0.528. The van der Waals surface area contributed by atoms with Gasteiger partial charge >= 0.3 is 0 Å². The van der Waals surface area contributed by atoms with Crippen LogP contribution in [-0.4, -0.2) is 14.7 Å². The van der Waals surface area contributed by atoms with Gasteiger partial charge in [-0.05, 0) is 29.5 Å². The molecule has 2 rings (SSSR count). The summed E-state index contributed by atoms with van der Waals surface area (Å²) in [5.41, 5.74) is 1.88. The van der Waals surface area contributed by atoms with Crippen LogP contribution in [-0.2, 0) is 13.6 Å². The average Bonchev–Trinajstić information content (AvgIpc) is 2.71. The second-order valence-electron chi connectivity index (χ2n) is 4.27. The second kappa shape index (κ2) is 5.73. The first-order chi connectivity index (χ1) is 9.40. The molecule has 0 aliphatic carbocycles. The van der Waals surface area contributed by atoms with E-state index in [0.717, 1.165) is 17.3 Å². The Labute approximate surface area is 128 Å². The molecule has 1 N–H and O–H groups in total. The number of rotatable bonds is 4. The van der Waals surface area contributed by atoms with Gasteiger partial charge in [0.05, 0.1) is 14.7 Å². The minimum Gasteiger partial charge on any atom is -0.375 e. The monoisotopic (exact) mass is 390 g/mol. The number of aryl methyl sites for hydroxylation is 1. The van der Waals surface area contributed by atoms with Crippen LogP contribution in [0.1, 0.15) is 11.3 Å². The van der Waals surface area contributed by atoms with Crippen molar-refractivity contribution in [3.63, 3.8) is 0 Å². The lowest BCUT2D eigenvalue weighted by molar-refractivity contribution is -0.384. The lowest BCUT2D eigenvalue weighted by Gasteiger charge is -2.08. The van der Waals surface area contributed by atoms with Crippen LogP contribution in [0.2, 0.25) is 0 Å². The van der Waals surface area contributed by atoms with E-state index in [1.807, 2.05) is 14.0 Å². The molecule has 20 heavy (non-hydrogen) atoms. The van der Waals surface area contributed by atoms with E-state index in [1.54, 1.807) is 33.5 Å². The highest BCUT2D eigenvalue weighted by Crippen LogP contribution is 2.29. The van der Waals surface area contributed by atoms with Crippen LogP contribution in [0.3, 0.4) is 0 Å². The van der Waals surface area contributed by atoms with E-state index in [0.29, 0.717) is 6.54 Å². The zero-order chi connectivity index (χ0) is 14.9. The summed E-state index contributed by atoms with van der Waals surface area (Å²) in [7, 11) is 1.81. The second-order valence-corrected chi connectivity index (χ2v) is 5.44. The van der Waals surface area contributed by atoms with E-state index in [4.69, 9.17) is 0 Å². The van der Waals surface area contributed by atoms with Gasteiger partial charge < -0.3 is 5.32 Å². The smallest absolute Gasteiger partial charge is 0.293 e. The maximum Gasteiger partial charge on any atom is 0.293 e. The summed E-state index contributed by atoms with van der Waals surface area (Å²) in [6.07, 6.45) is 1.68. The Morgan fingerprint density at radius 3 is 2.80 bits per heavy atom. The first-order valence-electron chi connectivity index (χ1n) is 5.75. The molecule has 1 heterocycles. The normalized spacial score (nSPS) is 10.6. The van der Waals surface area contributed by atoms with Gasteiger partial charge in [0, 0.05) is 37.0 Å². The van der Waals surface area contributed by atoms with Crippen LogP contribution in [0.5, 0.6) is 0 Å². The SMILES string of the molecule is Cc1c(CNc2cc(F)c(I)cc2[N+](=O)[O-])cnn1C. The van der Waals surface area contributed by atoms with Gasteiger partial charge in [0.1, 0.15) is 11.5 Å². The van der Waals surface area contributed by atoms with E-state index >= 15 is 0 Å². The molecular weight excluding hydrogens is 378 g/mol. The van der Waals surface area contributed by atoms with Crippen molar-refractivity contribution in [1.82, 2.24) is 9.78 Å². The Balaban J connectivity index is 2.27. The highest BCUT2D eigenvalue weighted by atomic mass is 127. The third-order valence-corrected chi connectivity index (χ3v) is 3.87. The quantitative estimate of drug-likeness (QED) is 0.495. The molecule has 0 saturated heterocycles. The van der Waals surface area contributed by atoms with Crippen molar-refractivity contribution >= 4 is 34.0 Å². The summed E-state index contributed by atoms with van der Waals surface area (Å²) < 4.78 is 15.5. The molecule has 0 amide bonds. The molecule has 1 aromatic heterocycles. The van der Waals surface area contributed by atoms with Gasteiger partial charge in [-0.1, -0.05) is 0 Å². The highest BCUT2D eigenvalue weighted by molar-refractivity contribution is 14.1. The van der Waals surface area contributed by atoms with Crippen molar-refractivity contribution in [3.8, 4) is 0 Å². The van der Waals surface area contributed by atoms with Crippen molar-refractivity contribution in [2.45, 2.75) is 13.5 Å². The fraction of sp³-hybridized carbons (Fsp3) is 0.250. The van der Waals surface area contributed by atoms with Crippen LogP contribution in [0.4, 0.5) is 15.8 Å². The van der Waals surface area contributed by atoms with E-state index in [2.05, 4.69) is 10.4 Å². The molecule has 0 unspecified atom stereocenters. The first kappa shape index (κ1) is 14.7. The largest absolute Gasteiger partial charge is 0.375 e. The zero-order valence-electron chi connectivity index (χ0n) is 10.9. The van der Waals surface area contributed by atoms with Gasteiger partial charge in [0.25, 0.3) is 5.69 Å². The number of nitrogens with zero attached hydrogens (tertiary/aromatic N) is 3. The summed E-state index contributed by atoms with van der Waals surface area (Å²) in [6, 6.07) is 2.36. The molecule has 2 aromatic rings. The molecule has 0 aliphatic rings. The molecule has 1 aromatic carbocycles. The maximum atomic E-state index is 13.5. The molecule has 8 heteroatoms. The molecule has 0 fully saturated rings. The highest BCUT2D eigenvalue weighted by Gasteiger charge is 2.17. The molecule has 6 nitrogen and oxygen atoms in total. The third-order valence-electron chi connectivity index (χ3n) is 3.04. The molecule has 0 radical (unpaired) electrons. The molecule has 0 spiro atoms. The summed E-state index contributed by atoms with van der Waals surface area (Å²) in [5.74, 6) is -0.485. The van der Waals surface area contributed by atoms with Crippen LogP contribution in [0.25, 0.3) is 0 Å². The van der Waals surface area contributed by atoms with E-state index in [9.17, 15) is 14.5 Å². The lowest BCUT2D eigenvalue weighted by atomic mass is 10.2. The van der Waals surface area contributed by atoms with Crippen LogP contribution < -0.4 is 5.32 Å². The molecular formula is C12H12FIN4O2. The predicted molar refractivity (Wildman–Crippen MR) is 81.0 cm³/mol. The molecule has 0 atom stereocenters. The standard InChI is InChI=1S/C12H12FIN4O2/c1-7-8(6-16-17(7)2)5-15-11-3-9(13)10(14)4-12(11)18(19)20/h3-4,6,15H,5H2,1-2H3. The number of anilines is 1.